The van der Waals surface area contributed by atoms with Gasteiger partial charge in [0.15, 0.2) is 11.5 Å². The van der Waals surface area contributed by atoms with Crippen LogP contribution < -0.4 is 15.2 Å². The molecule has 0 saturated heterocycles. The number of methoxy groups -OCH3 is 1. The topological polar surface area (TPSA) is 64.7 Å². The maximum atomic E-state index is 9.47. The van der Waals surface area contributed by atoms with Crippen LogP contribution in [-0.4, -0.2) is 31.0 Å². The van der Waals surface area contributed by atoms with Crippen LogP contribution in [0.15, 0.2) is 18.2 Å². The number of aryl methyl sites for hydroxylation is 1. The molecule has 0 spiro atoms. The summed E-state index contributed by atoms with van der Waals surface area (Å²) in [7, 11) is 1.68. The van der Waals surface area contributed by atoms with Crippen LogP contribution in [0.1, 0.15) is 78.2 Å². The molecule has 2 unspecified atom stereocenters. The molecule has 0 radical (unpaired) electrons. The van der Waals surface area contributed by atoms with Gasteiger partial charge in [-0.25, -0.2) is 0 Å². The zero-order valence-electron chi connectivity index (χ0n) is 18.8. The molecule has 0 bridgehead atoms. The molecule has 1 aromatic carbocycles. The van der Waals surface area contributed by atoms with E-state index in [4.69, 9.17) is 15.2 Å². The van der Waals surface area contributed by atoms with Crippen molar-refractivity contribution >= 4 is 0 Å². The number of hydrogen-bond donors (Lipinski definition) is 2. The number of nitrogens with two attached hydrogens (primary N) is 1. The molecule has 28 heavy (non-hydrogen) atoms. The van der Waals surface area contributed by atoms with Gasteiger partial charge < -0.3 is 20.3 Å². The van der Waals surface area contributed by atoms with Crippen molar-refractivity contribution in [3.8, 4) is 11.5 Å². The first-order chi connectivity index (χ1) is 13.3. The van der Waals surface area contributed by atoms with Gasteiger partial charge in [-0.05, 0) is 61.6 Å². The molecule has 4 heteroatoms. The fraction of sp³-hybridized carbons (Fsp3) is 0.750. The Morgan fingerprint density at radius 3 is 2.39 bits per heavy atom. The molecule has 2 atom stereocenters. The van der Waals surface area contributed by atoms with Crippen LogP contribution in [0.25, 0.3) is 0 Å². The molecular formula is C24H43NO3. The summed E-state index contributed by atoms with van der Waals surface area (Å²) in [6.45, 7) is 9.67. The zero-order chi connectivity index (χ0) is 21.0. The molecule has 1 rings (SSSR count). The van der Waals surface area contributed by atoms with Crippen molar-refractivity contribution in [3.05, 3.63) is 23.8 Å². The van der Waals surface area contributed by atoms with E-state index < -0.39 is 5.54 Å². The fourth-order valence-corrected chi connectivity index (χ4v) is 3.38. The van der Waals surface area contributed by atoms with Crippen molar-refractivity contribution in [1.82, 2.24) is 0 Å². The van der Waals surface area contributed by atoms with E-state index in [2.05, 4.69) is 26.8 Å². The molecule has 0 amide bonds. The lowest BCUT2D eigenvalue weighted by Gasteiger charge is -2.25. The molecule has 0 saturated carbocycles. The zero-order valence-corrected chi connectivity index (χ0v) is 18.8. The van der Waals surface area contributed by atoms with Crippen LogP contribution in [0, 0.1) is 11.8 Å². The molecule has 0 aliphatic carbocycles. The summed E-state index contributed by atoms with van der Waals surface area (Å²) in [5.74, 6) is 3.13. The van der Waals surface area contributed by atoms with E-state index in [1.54, 1.807) is 7.11 Å². The van der Waals surface area contributed by atoms with Crippen LogP contribution in [0.3, 0.4) is 0 Å². The van der Waals surface area contributed by atoms with Crippen molar-refractivity contribution in [2.45, 2.75) is 84.6 Å². The molecule has 162 valence electrons. The SMILES string of the molecule is CCC(N)(CO)CCc1ccc(OCCCC(C)CCCC(C)C)c(OC)c1. The summed E-state index contributed by atoms with van der Waals surface area (Å²) in [6, 6.07) is 6.08. The van der Waals surface area contributed by atoms with Crippen molar-refractivity contribution in [2.24, 2.45) is 17.6 Å². The van der Waals surface area contributed by atoms with Gasteiger partial charge in [-0.3, -0.25) is 0 Å². The minimum atomic E-state index is -0.506. The van der Waals surface area contributed by atoms with Gasteiger partial charge in [0.05, 0.1) is 20.3 Å². The minimum absolute atomic E-state index is 0.0116. The molecule has 0 aromatic heterocycles. The summed E-state index contributed by atoms with van der Waals surface area (Å²) in [5, 5.41) is 9.47. The van der Waals surface area contributed by atoms with E-state index in [0.717, 1.165) is 61.2 Å². The second kappa shape index (κ2) is 13.1. The maximum absolute atomic E-state index is 9.47. The lowest BCUT2D eigenvalue weighted by atomic mass is 9.90. The standard InChI is InChI=1S/C24H43NO3/c1-6-24(25,18-26)15-14-21-12-13-22(23(17-21)27-5)28-16-8-11-20(4)10-7-9-19(2)3/h12-13,17,19-20,26H,6-11,14-16,18,25H2,1-5H3. The summed E-state index contributed by atoms with van der Waals surface area (Å²) < 4.78 is 11.5. The lowest BCUT2D eigenvalue weighted by Crippen LogP contribution is -2.43. The normalized spacial score (nSPS) is 14.7. The number of ether oxygens (including phenoxy) is 2. The average Bonchev–Trinajstić information content (AvgIpc) is 2.69. The molecule has 1 aromatic rings. The molecule has 4 nitrogen and oxygen atoms in total. The molecule has 0 aliphatic rings. The maximum Gasteiger partial charge on any atom is 0.161 e. The van der Waals surface area contributed by atoms with E-state index >= 15 is 0 Å². The van der Waals surface area contributed by atoms with Gasteiger partial charge >= 0.3 is 0 Å². The average molecular weight is 394 g/mol. The van der Waals surface area contributed by atoms with E-state index in [9.17, 15) is 5.11 Å². The lowest BCUT2D eigenvalue weighted by molar-refractivity contribution is 0.183. The fourth-order valence-electron chi connectivity index (χ4n) is 3.38. The van der Waals surface area contributed by atoms with Gasteiger partial charge in [0.1, 0.15) is 0 Å². The monoisotopic (exact) mass is 393 g/mol. The van der Waals surface area contributed by atoms with Crippen molar-refractivity contribution in [3.63, 3.8) is 0 Å². The quantitative estimate of drug-likeness (QED) is 0.394. The summed E-state index contributed by atoms with van der Waals surface area (Å²) in [5.41, 5.74) is 6.84. The number of aliphatic hydroxyl groups excluding tert-OH is 1. The van der Waals surface area contributed by atoms with Gasteiger partial charge in [-0.1, -0.05) is 53.0 Å². The van der Waals surface area contributed by atoms with E-state index in [0.29, 0.717) is 0 Å². The Balaban J connectivity index is 2.43. The third kappa shape index (κ3) is 9.29. The summed E-state index contributed by atoms with van der Waals surface area (Å²) in [6.07, 6.45) is 8.56. The Morgan fingerprint density at radius 1 is 1.07 bits per heavy atom. The van der Waals surface area contributed by atoms with Crippen LogP contribution >= 0.6 is 0 Å². The number of rotatable bonds is 15. The van der Waals surface area contributed by atoms with Gasteiger partial charge in [-0.15, -0.1) is 0 Å². The van der Waals surface area contributed by atoms with Crippen molar-refractivity contribution < 1.29 is 14.6 Å². The van der Waals surface area contributed by atoms with E-state index in [1.807, 2.05) is 19.1 Å². The highest BCUT2D eigenvalue weighted by Crippen LogP contribution is 2.29. The first kappa shape index (κ1) is 24.8. The Kier molecular flexibility index (Phi) is 11.6. The number of hydrogen-bond acceptors (Lipinski definition) is 4. The second-order valence-corrected chi connectivity index (χ2v) is 8.78. The Morgan fingerprint density at radius 2 is 1.79 bits per heavy atom. The van der Waals surface area contributed by atoms with Crippen LogP contribution in [0.4, 0.5) is 0 Å². The first-order valence-corrected chi connectivity index (χ1v) is 11.0. The highest BCUT2D eigenvalue weighted by Gasteiger charge is 2.21. The van der Waals surface area contributed by atoms with Gasteiger partial charge in [0.25, 0.3) is 0 Å². The van der Waals surface area contributed by atoms with Crippen LogP contribution in [0.5, 0.6) is 11.5 Å². The van der Waals surface area contributed by atoms with E-state index in [1.165, 1.54) is 25.7 Å². The largest absolute Gasteiger partial charge is 0.493 e. The second-order valence-electron chi connectivity index (χ2n) is 8.78. The van der Waals surface area contributed by atoms with Gasteiger partial charge in [0, 0.05) is 5.54 Å². The number of aliphatic hydroxyl groups is 1. The molecule has 0 heterocycles. The van der Waals surface area contributed by atoms with Crippen molar-refractivity contribution in [2.75, 3.05) is 20.3 Å². The molecule has 0 aliphatic heterocycles. The first-order valence-electron chi connectivity index (χ1n) is 11.0. The Bertz CT molecular complexity index is 541. The predicted molar refractivity (Wildman–Crippen MR) is 118 cm³/mol. The highest BCUT2D eigenvalue weighted by molar-refractivity contribution is 5.43. The third-order valence-electron chi connectivity index (χ3n) is 5.74. The van der Waals surface area contributed by atoms with Gasteiger partial charge in [0.2, 0.25) is 0 Å². The molecule has 0 fully saturated rings. The smallest absolute Gasteiger partial charge is 0.161 e. The Labute approximate surface area is 172 Å². The number of benzene rings is 1. The van der Waals surface area contributed by atoms with Crippen molar-refractivity contribution in [1.29, 1.82) is 0 Å². The minimum Gasteiger partial charge on any atom is -0.493 e. The van der Waals surface area contributed by atoms with E-state index in [-0.39, 0.29) is 6.61 Å². The van der Waals surface area contributed by atoms with Crippen LogP contribution in [-0.2, 0) is 6.42 Å². The van der Waals surface area contributed by atoms with Gasteiger partial charge in [-0.2, -0.15) is 0 Å². The Hall–Kier alpha value is -1.26. The third-order valence-corrected chi connectivity index (χ3v) is 5.74. The predicted octanol–water partition coefficient (Wildman–Crippen LogP) is 5.35. The molecule has 3 N–H and O–H groups in total. The molecular weight excluding hydrogens is 350 g/mol. The summed E-state index contributed by atoms with van der Waals surface area (Å²) >= 11 is 0. The highest BCUT2D eigenvalue weighted by atomic mass is 16.5. The van der Waals surface area contributed by atoms with Crippen LogP contribution in [0.2, 0.25) is 0 Å². The summed E-state index contributed by atoms with van der Waals surface area (Å²) in [4.78, 5) is 0.